The van der Waals surface area contributed by atoms with Gasteiger partial charge in [-0.2, -0.15) is 4.31 Å². The first-order chi connectivity index (χ1) is 7.06. The van der Waals surface area contributed by atoms with Gasteiger partial charge in [0.15, 0.2) is 0 Å². The van der Waals surface area contributed by atoms with E-state index in [-0.39, 0.29) is 24.6 Å². The van der Waals surface area contributed by atoms with Crippen molar-refractivity contribution in [2.24, 2.45) is 0 Å². The monoisotopic (exact) mass is 272 g/mol. The van der Waals surface area contributed by atoms with Crippen LogP contribution in [0.4, 0.5) is 0 Å². The third kappa shape index (κ3) is 4.65. The van der Waals surface area contributed by atoms with Crippen molar-refractivity contribution in [2.45, 2.75) is 6.42 Å². The maximum Gasteiger partial charge on any atom is 0.306 e. The molecule has 1 fully saturated rings. The third-order valence-electron chi connectivity index (χ3n) is 2.26. The molecule has 0 amide bonds. The van der Waals surface area contributed by atoms with Gasteiger partial charge in [0, 0.05) is 26.2 Å². The molecule has 0 aromatic heterocycles. The number of carbonyl (C=O) groups excluding carboxylic acids is 1. The molecule has 0 unspecified atom stereocenters. The second-order valence-corrected chi connectivity index (χ2v) is 5.38. The van der Waals surface area contributed by atoms with Crippen molar-refractivity contribution in [3.05, 3.63) is 0 Å². The van der Waals surface area contributed by atoms with Crippen LogP contribution in [-0.4, -0.2) is 57.7 Å². The molecule has 1 rings (SSSR count). The number of rotatable bonds is 4. The van der Waals surface area contributed by atoms with Crippen LogP contribution in [0.2, 0.25) is 0 Å². The fraction of sp³-hybridized carbons (Fsp3) is 0.875. The zero-order valence-electron chi connectivity index (χ0n) is 9.14. The lowest BCUT2D eigenvalue weighted by atomic mass is 10.4. The maximum atomic E-state index is 11.7. The maximum absolute atomic E-state index is 11.7. The van der Waals surface area contributed by atoms with E-state index in [0.717, 1.165) is 0 Å². The Balaban J connectivity index is 0.00000225. The average Bonchev–Trinajstić information content (AvgIpc) is 2.27. The van der Waals surface area contributed by atoms with E-state index in [4.69, 9.17) is 0 Å². The minimum atomic E-state index is -3.30. The van der Waals surface area contributed by atoms with Gasteiger partial charge >= 0.3 is 5.97 Å². The van der Waals surface area contributed by atoms with Crippen LogP contribution in [0.15, 0.2) is 0 Å². The zero-order chi connectivity index (χ0) is 11.3. The molecular weight excluding hydrogens is 256 g/mol. The summed E-state index contributed by atoms with van der Waals surface area (Å²) in [5, 5.41) is 3.07. The number of nitrogens with zero attached hydrogens (tertiary/aromatic N) is 1. The fourth-order valence-corrected chi connectivity index (χ4v) is 2.79. The molecule has 1 aliphatic heterocycles. The molecule has 1 saturated heterocycles. The molecule has 0 atom stereocenters. The SMILES string of the molecule is COC(=O)CCS(=O)(=O)N1CCNCC1.Cl. The largest absolute Gasteiger partial charge is 0.469 e. The van der Waals surface area contributed by atoms with Gasteiger partial charge in [0.05, 0.1) is 19.3 Å². The molecule has 6 nitrogen and oxygen atoms in total. The van der Waals surface area contributed by atoms with Crippen LogP contribution in [0.5, 0.6) is 0 Å². The molecule has 0 radical (unpaired) electrons. The van der Waals surface area contributed by atoms with E-state index in [1.807, 2.05) is 0 Å². The molecule has 0 aliphatic carbocycles. The number of methoxy groups -OCH3 is 1. The lowest BCUT2D eigenvalue weighted by Gasteiger charge is -2.26. The summed E-state index contributed by atoms with van der Waals surface area (Å²) in [4.78, 5) is 10.8. The third-order valence-corrected chi connectivity index (χ3v) is 4.13. The van der Waals surface area contributed by atoms with Crippen LogP contribution in [0.3, 0.4) is 0 Å². The number of hydrogen-bond donors (Lipinski definition) is 1. The summed E-state index contributed by atoms with van der Waals surface area (Å²) in [5.41, 5.74) is 0. The lowest BCUT2D eigenvalue weighted by Crippen LogP contribution is -2.47. The van der Waals surface area contributed by atoms with Crippen molar-refractivity contribution in [2.75, 3.05) is 39.0 Å². The molecule has 8 heteroatoms. The topological polar surface area (TPSA) is 75.7 Å². The van der Waals surface area contributed by atoms with E-state index < -0.39 is 16.0 Å². The first-order valence-electron chi connectivity index (χ1n) is 4.81. The number of carbonyl (C=O) groups is 1. The highest BCUT2D eigenvalue weighted by atomic mass is 35.5. The molecule has 0 aromatic rings. The first kappa shape index (κ1) is 15.6. The minimum Gasteiger partial charge on any atom is -0.469 e. The van der Waals surface area contributed by atoms with Crippen molar-refractivity contribution in [3.8, 4) is 0 Å². The number of sulfonamides is 1. The van der Waals surface area contributed by atoms with Gasteiger partial charge in [-0.15, -0.1) is 12.4 Å². The smallest absolute Gasteiger partial charge is 0.306 e. The van der Waals surface area contributed by atoms with E-state index in [9.17, 15) is 13.2 Å². The zero-order valence-corrected chi connectivity index (χ0v) is 10.8. The number of piperazine rings is 1. The first-order valence-corrected chi connectivity index (χ1v) is 6.42. The highest BCUT2D eigenvalue weighted by Gasteiger charge is 2.24. The highest BCUT2D eigenvalue weighted by Crippen LogP contribution is 2.05. The second kappa shape index (κ2) is 7.05. The Labute approximate surface area is 102 Å². The fourth-order valence-electron chi connectivity index (χ4n) is 1.37. The number of nitrogens with one attached hydrogen (secondary N) is 1. The van der Waals surface area contributed by atoms with Gasteiger partial charge in [0.1, 0.15) is 0 Å². The predicted molar refractivity (Wildman–Crippen MR) is 62.1 cm³/mol. The summed E-state index contributed by atoms with van der Waals surface area (Å²) in [6.45, 7) is 2.28. The van der Waals surface area contributed by atoms with Gasteiger partial charge in [0.2, 0.25) is 10.0 Å². The molecule has 0 spiro atoms. The van der Waals surface area contributed by atoms with Crippen LogP contribution in [0.1, 0.15) is 6.42 Å². The van der Waals surface area contributed by atoms with Crippen molar-refractivity contribution >= 4 is 28.4 Å². The predicted octanol–water partition coefficient (Wildman–Crippen LogP) is -0.794. The summed E-state index contributed by atoms with van der Waals surface area (Å²) in [6, 6.07) is 0. The summed E-state index contributed by atoms with van der Waals surface area (Å²) in [7, 11) is -2.05. The molecule has 16 heavy (non-hydrogen) atoms. The number of halogens is 1. The normalized spacial score (nSPS) is 17.6. The second-order valence-electron chi connectivity index (χ2n) is 3.29. The Hall–Kier alpha value is -0.370. The minimum absolute atomic E-state index is 0. The van der Waals surface area contributed by atoms with Crippen LogP contribution >= 0.6 is 12.4 Å². The Bertz CT molecular complexity index is 314. The van der Waals surface area contributed by atoms with Crippen molar-refractivity contribution in [1.29, 1.82) is 0 Å². The van der Waals surface area contributed by atoms with Crippen LogP contribution in [0.25, 0.3) is 0 Å². The molecule has 0 saturated carbocycles. The van der Waals surface area contributed by atoms with E-state index in [0.29, 0.717) is 26.2 Å². The van der Waals surface area contributed by atoms with Gasteiger partial charge in [0.25, 0.3) is 0 Å². The van der Waals surface area contributed by atoms with Crippen LogP contribution in [-0.2, 0) is 19.6 Å². The molecule has 0 aromatic carbocycles. The van der Waals surface area contributed by atoms with Crippen molar-refractivity contribution < 1.29 is 17.9 Å². The Morgan fingerprint density at radius 2 is 1.94 bits per heavy atom. The number of hydrogen-bond acceptors (Lipinski definition) is 5. The molecular formula is C8H17ClN2O4S. The quantitative estimate of drug-likeness (QED) is 0.679. The molecule has 1 N–H and O–H groups in total. The van der Waals surface area contributed by atoms with Crippen LogP contribution < -0.4 is 5.32 Å². The summed E-state index contributed by atoms with van der Waals surface area (Å²) < 4.78 is 29.2. The number of ether oxygens (including phenoxy) is 1. The van der Waals surface area contributed by atoms with Crippen LogP contribution in [0, 0.1) is 0 Å². The van der Waals surface area contributed by atoms with Gasteiger partial charge in [-0.05, 0) is 0 Å². The van der Waals surface area contributed by atoms with E-state index in [1.165, 1.54) is 11.4 Å². The van der Waals surface area contributed by atoms with Crippen molar-refractivity contribution in [1.82, 2.24) is 9.62 Å². The molecule has 96 valence electrons. The standard InChI is InChI=1S/C8H16N2O4S.ClH/c1-14-8(11)2-7-15(12,13)10-5-3-9-4-6-10;/h9H,2-7H2,1H3;1H. The van der Waals surface area contributed by atoms with Gasteiger partial charge < -0.3 is 10.1 Å². The number of esters is 1. The van der Waals surface area contributed by atoms with Gasteiger partial charge in [-0.25, -0.2) is 8.42 Å². The van der Waals surface area contributed by atoms with Crippen molar-refractivity contribution in [3.63, 3.8) is 0 Å². The van der Waals surface area contributed by atoms with E-state index >= 15 is 0 Å². The molecule has 0 bridgehead atoms. The Kier molecular flexibility index (Phi) is 6.89. The Morgan fingerprint density at radius 3 is 2.44 bits per heavy atom. The summed E-state index contributed by atoms with van der Waals surface area (Å²) in [6.07, 6.45) is -0.0806. The van der Waals surface area contributed by atoms with E-state index in [2.05, 4.69) is 10.1 Å². The molecule has 1 aliphatic rings. The Morgan fingerprint density at radius 1 is 1.38 bits per heavy atom. The average molecular weight is 273 g/mol. The van der Waals surface area contributed by atoms with Gasteiger partial charge in [-0.3, -0.25) is 4.79 Å². The molecule has 1 heterocycles. The lowest BCUT2D eigenvalue weighted by molar-refractivity contribution is -0.140. The highest BCUT2D eigenvalue weighted by molar-refractivity contribution is 7.89. The van der Waals surface area contributed by atoms with Gasteiger partial charge in [-0.1, -0.05) is 0 Å². The van der Waals surface area contributed by atoms with E-state index in [1.54, 1.807) is 0 Å². The summed E-state index contributed by atoms with van der Waals surface area (Å²) in [5.74, 6) is -0.659. The summed E-state index contributed by atoms with van der Waals surface area (Å²) >= 11 is 0.